The van der Waals surface area contributed by atoms with E-state index in [0.29, 0.717) is 17.8 Å². The molecule has 15 heavy (non-hydrogen) atoms. The van der Waals surface area contributed by atoms with E-state index in [4.69, 9.17) is 10.8 Å². The standard InChI is InChI=1S/C13H10N2/c14-11-7-12(15)10-6-2-4-8-3-1-5-9(11)13(8)10/h1-6,14-15H,7H2. The Labute approximate surface area is 87.6 Å². The topological polar surface area (TPSA) is 47.7 Å². The lowest BCUT2D eigenvalue weighted by Crippen LogP contribution is -2.15. The van der Waals surface area contributed by atoms with Gasteiger partial charge in [0.05, 0.1) is 0 Å². The van der Waals surface area contributed by atoms with Crippen molar-refractivity contribution in [2.45, 2.75) is 6.42 Å². The maximum absolute atomic E-state index is 7.89. The van der Waals surface area contributed by atoms with Crippen LogP contribution in [0.15, 0.2) is 36.4 Å². The van der Waals surface area contributed by atoms with Gasteiger partial charge in [0, 0.05) is 29.0 Å². The summed E-state index contributed by atoms with van der Waals surface area (Å²) in [5.41, 5.74) is 3.09. The van der Waals surface area contributed by atoms with Gasteiger partial charge in [-0.15, -0.1) is 0 Å². The van der Waals surface area contributed by atoms with Crippen LogP contribution < -0.4 is 0 Å². The Morgan fingerprint density at radius 1 is 0.800 bits per heavy atom. The molecule has 0 unspecified atom stereocenters. The van der Waals surface area contributed by atoms with Crippen LogP contribution in [0.2, 0.25) is 0 Å². The van der Waals surface area contributed by atoms with E-state index in [9.17, 15) is 0 Å². The van der Waals surface area contributed by atoms with Crippen molar-refractivity contribution in [1.82, 2.24) is 0 Å². The molecule has 0 amide bonds. The van der Waals surface area contributed by atoms with Crippen molar-refractivity contribution in [1.29, 1.82) is 10.8 Å². The Bertz CT molecular complexity index is 548. The number of rotatable bonds is 0. The van der Waals surface area contributed by atoms with Crippen LogP contribution in [-0.4, -0.2) is 11.4 Å². The second-order valence-electron chi connectivity index (χ2n) is 3.84. The lowest BCUT2D eigenvalue weighted by Gasteiger charge is -2.18. The van der Waals surface area contributed by atoms with Crippen molar-refractivity contribution in [3.63, 3.8) is 0 Å². The maximum atomic E-state index is 7.89. The third-order valence-corrected chi connectivity index (χ3v) is 2.91. The highest BCUT2D eigenvalue weighted by Gasteiger charge is 2.19. The Hall–Kier alpha value is -1.96. The Kier molecular flexibility index (Phi) is 1.54. The van der Waals surface area contributed by atoms with Crippen LogP contribution in [0.25, 0.3) is 10.8 Å². The first-order valence-electron chi connectivity index (χ1n) is 4.95. The smallest absolute Gasteiger partial charge is 0.0452 e. The minimum absolute atomic E-state index is 0.454. The summed E-state index contributed by atoms with van der Waals surface area (Å²) in [6.07, 6.45) is 0.454. The van der Waals surface area contributed by atoms with E-state index in [1.807, 2.05) is 36.4 Å². The van der Waals surface area contributed by atoms with Crippen LogP contribution in [-0.2, 0) is 0 Å². The molecule has 0 aliphatic heterocycles. The average Bonchev–Trinajstić information content (AvgIpc) is 2.25. The van der Waals surface area contributed by atoms with Crippen molar-refractivity contribution < 1.29 is 0 Å². The van der Waals surface area contributed by atoms with Gasteiger partial charge in [-0.25, -0.2) is 0 Å². The molecular weight excluding hydrogens is 184 g/mol. The summed E-state index contributed by atoms with van der Waals surface area (Å²) >= 11 is 0. The van der Waals surface area contributed by atoms with Gasteiger partial charge in [-0.2, -0.15) is 0 Å². The molecule has 2 aromatic carbocycles. The lowest BCUT2D eigenvalue weighted by atomic mass is 9.86. The summed E-state index contributed by atoms with van der Waals surface area (Å²) in [5.74, 6) is 0. The van der Waals surface area contributed by atoms with Gasteiger partial charge in [0.15, 0.2) is 0 Å². The molecule has 0 fully saturated rings. The van der Waals surface area contributed by atoms with Crippen molar-refractivity contribution in [2.75, 3.05) is 0 Å². The maximum Gasteiger partial charge on any atom is 0.0452 e. The van der Waals surface area contributed by atoms with Gasteiger partial charge < -0.3 is 10.8 Å². The van der Waals surface area contributed by atoms with Crippen LogP contribution in [0, 0.1) is 10.8 Å². The summed E-state index contributed by atoms with van der Waals surface area (Å²) in [5, 5.41) is 18.0. The highest BCUT2D eigenvalue weighted by molar-refractivity contribution is 6.28. The van der Waals surface area contributed by atoms with Crippen LogP contribution in [0.1, 0.15) is 17.5 Å². The second kappa shape index (κ2) is 2.76. The van der Waals surface area contributed by atoms with E-state index in [1.54, 1.807) is 0 Å². The molecule has 0 saturated carbocycles. The van der Waals surface area contributed by atoms with Crippen LogP contribution in [0.4, 0.5) is 0 Å². The molecule has 2 nitrogen and oxygen atoms in total. The second-order valence-corrected chi connectivity index (χ2v) is 3.84. The third-order valence-electron chi connectivity index (χ3n) is 2.91. The minimum Gasteiger partial charge on any atom is -0.304 e. The van der Waals surface area contributed by atoms with E-state index in [0.717, 1.165) is 21.9 Å². The van der Waals surface area contributed by atoms with Gasteiger partial charge in [0.1, 0.15) is 0 Å². The van der Waals surface area contributed by atoms with Gasteiger partial charge in [0.25, 0.3) is 0 Å². The van der Waals surface area contributed by atoms with Gasteiger partial charge in [-0.1, -0.05) is 36.4 Å². The average molecular weight is 194 g/mol. The SMILES string of the molecule is N=C1CC(=N)c2cccc3cccc1c23. The van der Waals surface area contributed by atoms with Crippen molar-refractivity contribution in [3.05, 3.63) is 47.5 Å². The highest BCUT2D eigenvalue weighted by atomic mass is 14.5. The first-order valence-corrected chi connectivity index (χ1v) is 4.95. The number of nitrogens with one attached hydrogen (secondary N) is 2. The van der Waals surface area contributed by atoms with Crippen LogP contribution in [0.5, 0.6) is 0 Å². The van der Waals surface area contributed by atoms with E-state index < -0.39 is 0 Å². The van der Waals surface area contributed by atoms with Crippen molar-refractivity contribution >= 4 is 22.2 Å². The molecule has 2 heteroatoms. The summed E-state index contributed by atoms with van der Waals surface area (Å²) in [6, 6.07) is 12.0. The summed E-state index contributed by atoms with van der Waals surface area (Å²) < 4.78 is 0. The lowest BCUT2D eigenvalue weighted by molar-refractivity contribution is 1.33. The zero-order chi connectivity index (χ0) is 10.4. The van der Waals surface area contributed by atoms with E-state index in [2.05, 4.69) is 0 Å². The molecule has 0 spiro atoms. The predicted molar refractivity (Wildman–Crippen MR) is 62.2 cm³/mol. The predicted octanol–water partition coefficient (Wildman–Crippen LogP) is 2.98. The van der Waals surface area contributed by atoms with Gasteiger partial charge in [-0.05, 0) is 10.8 Å². The minimum atomic E-state index is 0.454. The first-order chi connectivity index (χ1) is 7.27. The monoisotopic (exact) mass is 194 g/mol. The highest BCUT2D eigenvalue weighted by Crippen LogP contribution is 2.29. The Balaban J connectivity index is 2.56. The molecule has 0 bridgehead atoms. The summed E-state index contributed by atoms with van der Waals surface area (Å²) in [4.78, 5) is 0. The Morgan fingerprint density at radius 2 is 1.33 bits per heavy atom. The number of hydrogen-bond donors (Lipinski definition) is 2. The zero-order valence-corrected chi connectivity index (χ0v) is 8.17. The van der Waals surface area contributed by atoms with Gasteiger partial charge in [0.2, 0.25) is 0 Å². The van der Waals surface area contributed by atoms with E-state index >= 15 is 0 Å². The molecule has 2 aromatic rings. The van der Waals surface area contributed by atoms with Crippen LogP contribution >= 0.6 is 0 Å². The van der Waals surface area contributed by atoms with Gasteiger partial charge >= 0.3 is 0 Å². The molecule has 0 aromatic heterocycles. The molecule has 1 aliphatic carbocycles. The summed E-state index contributed by atoms with van der Waals surface area (Å²) in [6.45, 7) is 0. The van der Waals surface area contributed by atoms with Gasteiger partial charge in [-0.3, -0.25) is 0 Å². The summed E-state index contributed by atoms with van der Waals surface area (Å²) in [7, 11) is 0. The molecule has 0 atom stereocenters. The molecule has 0 heterocycles. The molecule has 3 rings (SSSR count). The Morgan fingerprint density at radius 3 is 1.87 bits per heavy atom. The zero-order valence-electron chi connectivity index (χ0n) is 8.17. The molecular formula is C13H10N2. The fourth-order valence-corrected chi connectivity index (χ4v) is 2.21. The molecule has 72 valence electrons. The van der Waals surface area contributed by atoms with Crippen molar-refractivity contribution in [3.8, 4) is 0 Å². The van der Waals surface area contributed by atoms with Crippen LogP contribution in [0.3, 0.4) is 0 Å². The fourth-order valence-electron chi connectivity index (χ4n) is 2.21. The molecule has 2 N–H and O–H groups in total. The largest absolute Gasteiger partial charge is 0.304 e. The van der Waals surface area contributed by atoms with E-state index in [-0.39, 0.29) is 0 Å². The number of benzene rings is 2. The molecule has 1 aliphatic rings. The third kappa shape index (κ3) is 1.05. The quantitative estimate of drug-likeness (QED) is 0.647. The van der Waals surface area contributed by atoms with E-state index in [1.165, 1.54) is 0 Å². The normalized spacial score (nSPS) is 14.7. The first kappa shape index (κ1) is 8.36. The fraction of sp³-hybridized carbons (Fsp3) is 0.0769. The molecule has 0 radical (unpaired) electrons. The number of hydrogen-bond acceptors (Lipinski definition) is 2. The van der Waals surface area contributed by atoms with Crippen molar-refractivity contribution in [2.24, 2.45) is 0 Å². The molecule has 0 saturated heterocycles.